The topological polar surface area (TPSA) is 57.5 Å². The third-order valence-corrected chi connectivity index (χ3v) is 2.31. The van der Waals surface area contributed by atoms with Gasteiger partial charge in [0.15, 0.2) is 0 Å². The maximum atomic E-state index is 10.3. The van der Waals surface area contributed by atoms with Crippen LogP contribution in [0.25, 0.3) is 0 Å². The Hall–Kier alpha value is -0.570. The maximum absolute atomic E-state index is 10.3. The molecule has 1 fully saturated rings. The highest BCUT2D eigenvalue weighted by atomic mass is 16.4. The summed E-state index contributed by atoms with van der Waals surface area (Å²) in [6.45, 7) is 0. The van der Waals surface area contributed by atoms with Gasteiger partial charge in [-0.3, -0.25) is 4.79 Å². The Morgan fingerprint density at radius 1 is 1.36 bits per heavy atom. The Morgan fingerprint density at radius 3 is 2.55 bits per heavy atom. The van der Waals surface area contributed by atoms with Crippen molar-refractivity contribution >= 4 is 5.97 Å². The Kier molecular flexibility index (Phi) is 2.88. The molecular formula is C8H14O3. The van der Waals surface area contributed by atoms with Crippen molar-refractivity contribution in [2.75, 3.05) is 0 Å². The van der Waals surface area contributed by atoms with Crippen molar-refractivity contribution in [3.8, 4) is 0 Å². The van der Waals surface area contributed by atoms with Crippen LogP contribution in [0.4, 0.5) is 0 Å². The molecule has 0 amide bonds. The highest BCUT2D eigenvalue weighted by Gasteiger charge is 2.24. The molecule has 2 atom stereocenters. The van der Waals surface area contributed by atoms with Gasteiger partial charge < -0.3 is 10.2 Å². The van der Waals surface area contributed by atoms with Gasteiger partial charge in [-0.1, -0.05) is 12.8 Å². The van der Waals surface area contributed by atoms with E-state index in [-0.39, 0.29) is 18.4 Å². The van der Waals surface area contributed by atoms with Crippen LogP contribution < -0.4 is 0 Å². The predicted octanol–water partition coefficient (Wildman–Crippen LogP) is 1.01. The van der Waals surface area contributed by atoms with Crippen LogP contribution >= 0.6 is 0 Å². The fraction of sp³-hybridized carbons (Fsp3) is 0.875. The summed E-state index contributed by atoms with van der Waals surface area (Å²) in [7, 11) is 0. The van der Waals surface area contributed by atoms with Gasteiger partial charge in [0, 0.05) is 0 Å². The number of aliphatic carboxylic acids is 1. The first kappa shape index (κ1) is 8.53. The number of carboxylic acids is 1. The first-order valence-corrected chi connectivity index (χ1v) is 4.10. The molecule has 1 aliphatic carbocycles. The fourth-order valence-corrected chi connectivity index (χ4v) is 1.65. The van der Waals surface area contributed by atoms with Crippen LogP contribution in [0.5, 0.6) is 0 Å². The number of aliphatic hydroxyl groups excluding tert-OH is 1. The van der Waals surface area contributed by atoms with E-state index in [1.54, 1.807) is 0 Å². The molecule has 1 aliphatic rings. The zero-order valence-electron chi connectivity index (χ0n) is 6.49. The largest absolute Gasteiger partial charge is 0.481 e. The van der Waals surface area contributed by atoms with E-state index < -0.39 is 5.97 Å². The average Bonchev–Trinajstić information content (AvgIpc) is 1.93. The second-order valence-electron chi connectivity index (χ2n) is 3.21. The van der Waals surface area contributed by atoms with Gasteiger partial charge in [-0.25, -0.2) is 0 Å². The summed E-state index contributed by atoms with van der Waals surface area (Å²) in [5, 5.41) is 17.8. The molecule has 11 heavy (non-hydrogen) atoms. The number of hydrogen-bond acceptors (Lipinski definition) is 2. The van der Waals surface area contributed by atoms with Crippen LogP contribution in [-0.2, 0) is 4.79 Å². The molecule has 3 nitrogen and oxygen atoms in total. The van der Waals surface area contributed by atoms with Gasteiger partial charge in [0.2, 0.25) is 0 Å². The molecular weight excluding hydrogens is 144 g/mol. The van der Waals surface area contributed by atoms with Gasteiger partial charge in [0.25, 0.3) is 0 Å². The van der Waals surface area contributed by atoms with Crippen LogP contribution in [0, 0.1) is 5.92 Å². The van der Waals surface area contributed by atoms with Crippen molar-refractivity contribution in [3.63, 3.8) is 0 Å². The van der Waals surface area contributed by atoms with E-state index in [0.717, 1.165) is 25.7 Å². The molecule has 0 aromatic heterocycles. The van der Waals surface area contributed by atoms with Gasteiger partial charge >= 0.3 is 5.97 Å². The number of hydrogen-bond donors (Lipinski definition) is 2. The van der Waals surface area contributed by atoms with Gasteiger partial charge in [0.1, 0.15) is 0 Å². The lowest BCUT2D eigenvalue weighted by molar-refractivity contribution is -0.139. The smallest absolute Gasteiger partial charge is 0.303 e. The van der Waals surface area contributed by atoms with Crippen molar-refractivity contribution in [1.29, 1.82) is 0 Å². The van der Waals surface area contributed by atoms with E-state index in [9.17, 15) is 9.90 Å². The molecule has 0 spiro atoms. The molecule has 1 saturated carbocycles. The Morgan fingerprint density at radius 2 is 2.00 bits per heavy atom. The summed E-state index contributed by atoms with van der Waals surface area (Å²) in [5.74, 6) is -0.794. The van der Waals surface area contributed by atoms with Crippen LogP contribution in [0.2, 0.25) is 0 Å². The fourth-order valence-electron chi connectivity index (χ4n) is 1.65. The third kappa shape index (κ3) is 2.50. The average molecular weight is 158 g/mol. The summed E-state index contributed by atoms with van der Waals surface area (Å²) < 4.78 is 0. The molecule has 0 unspecified atom stereocenters. The summed E-state index contributed by atoms with van der Waals surface area (Å²) in [4.78, 5) is 10.3. The Labute approximate surface area is 66.0 Å². The second kappa shape index (κ2) is 3.72. The van der Waals surface area contributed by atoms with E-state index in [1.165, 1.54) is 0 Å². The molecule has 64 valence electrons. The minimum Gasteiger partial charge on any atom is -0.481 e. The van der Waals surface area contributed by atoms with Crippen LogP contribution in [-0.4, -0.2) is 22.3 Å². The number of aliphatic hydroxyl groups is 1. The third-order valence-electron chi connectivity index (χ3n) is 2.31. The highest BCUT2D eigenvalue weighted by Crippen LogP contribution is 2.26. The van der Waals surface area contributed by atoms with Crippen LogP contribution in [0.1, 0.15) is 32.1 Å². The minimum absolute atomic E-state index is 0.00116. The predicted molar refractivity (Wildman–Crippen MR) is 40.2 cm³/mol. The van der Waals surface area contributed by atoms with E-state index in [4.69, 9.17) is 5.11 Å². The van der Waals surface area contributed by atoms with Crippen LogP contribution in [0.3, 0.4) is 0 Å². The molecule has 0 saturated heterocycles. The Bertz CT molecular complexity index is 144. The van der Waals surface area contributed by atoms with Crippen molar-refractivity contribution in [2.45, 2.75) is 38.2 Å². The molecule has 1 rings (SSSR count). The zero-order chi connectivity index (χ0) is 8.27. The molecule has 0 aliphatic heterocycles. The molecule has 0 radical (unpaired) electrons. The number of rotatable bonds is 2. The van der Waals surface area contributed by atoms with E-state index >= 15 is 0 Å². The molecule has 3 heteroatoms. The highest BCUT2D eigenvalue weighted by molar-refractivity contribution is 5.67. The van der Waals surface area contributed by atoms with Gasteiger partial charge in [-0.15, -0.1) is 0 Å². The van der Waals surface area contributed by atoms with Crippen LogP contribution in [0.15, 0.2) is 0 Å². The van der Waals surface area contributed by atoms with Crippen molar-refractivity contribution < 1.29 is 15.0 Å². The SMILES string of the molecule is O=C(O)C[C@H]1CCCC[C@H]1O. The van der Waals surface area contributed by atoms with Crippen molar-refractivity contribution in [2.24, 2.45) is 5.92 Å². The van der Waals surface area contributed by atoms with Crippen molar-refractivity contribution in [1.82, 2.24) is 0 Å². The zero-order valence-corrected chi connectivity index (χ0v) is 6.49. The Balaban J connectivity index is 2.35. The monoisotopic (exact) mass is 158 g/mol. The molecule has 2 N–H and O–H groups in total. The lowest BCUT2D eigenvalue weighted by Gasteiger charge is -2.25. The first-order chi connectivity index (χ1) is 5.20. The molecule has 0 bridgehead atoms. The molecule has 0 aromatic carbocycles. The van der Waals surface area contributed by atoms with Gasteiger partial charge in [-0.2, -0.15) is 0 Å². The number of carbonyl (C=O) groups is 1. The van der Waals surface area contributed by atoms with E-state index in [0.29, 0.717) is 0 Å². The maximum Gasteiger partial charge on any atom is 0.303 e. The standard InChI is InChI=1S/C8H14O3/c9-7-4-2-1-3-6(7)5-8(10)11/h6-7,9H,1-5H2,(H,10,11)/t6-,7-/m1/s1. The van der Waals surface area contributed by atoms with Gasteiger partial charge in [-0.05, 0) is 18.8 Å². The number of carboxylic acid groups (broad SMARTS) is 1. The van der Waals surface area contributed by atoms with Crippen molar-refractivity contribution in [3.05, 3.63) is 0 Å². The molecule has 0 heterocycles. The lowest BCUT2D eigenvalue weighted by Crippen LogP contribution is -2.26. The summed E-state index contributed by atoms with van der Waals surface area (Å²) in [5.41, 5.74) is 0. The summed E-state index contributed by atoms with van der Waals surface area (Å²) >= 11 is 0. The molecule has 0 aromatic rings. The van der Waals surface area contributed by atoms with E-state index in [1.807, 2.05) is 0 Å². The van der Waals surface area contributed by atoms with Gasteiger partial charge in [0.05, 0.1) is 12.5 Å². The second-order valence-corrected chi connectivity index (χ2v) is 3.21. The van der Waals surface area contributed by atoms with E-state index in [2.05, 4.69) is 0 Å². The lowest BCUT2D eigenvalue weighted by atomic mass is 9.84. The first-order valence-electron chi connectivity index (χ1n) is 4.10. The minimum atomic E-state index is -0.795. The summed E-state index contributed by atoms with van der Waals surface area (Å²) in [6, 6.07) is 0. The normalized spacial score (nSPS) is 31.7. The summed E-state index contributed by atoms with van der Waals surface area (Å²) in [6.07, 6.45) is 3.50. The quantitative estimate of drug-likeness (QED) is 0.630.